The number of hydrogen-bond donors (Lipinski definition) is 0. The van der Waals surface area contributed by atoms with Crippen molar-refractivity contribution in [1.82, 2.24) is 0 Å². The molecule has 0 aromatic heterocycles. The predicted octanol–water partition coefficient (Wildman–Crippen LogP) is 5.47. The minimum Gasteiger partial charge on any atom is -0.0720 e. The van der Waals surface area contributed by atoms with Crippen LogP contribution in [0.5, 0.6) is 0 Å². The average Bonchev–Trinajstić information content (AvgIpc) is 3.09. The van der Waals surface area contributed by atoms with Crippen LogP contribution in [0.15, 0.2) is 30.3 Å². The molecule has 114 valence electrons. The van der Waals surface area contributed by atoms with E-state index in [4.69, 9.17) is 0 Å². The van der Waals surface area contributed by atoms with Gasteiger partial charge in [0.05, 0.1) is 0 Å². The van der Waals surface area contributed by atoms with Crippen molar-refractivity contribution in [3.05, 3.63) is 35.9 Å². The number of benzene rings is 1. The van der Waals surface area contributed by atoms with Crippen LogP contribution in [0.1, 0.15) is 50.0 Å². The Morgan fingerprint density at radius 1 is 0.857 bits per heavy atom. The Morgan fingerprint density at radius 2 is 1.52 bits per heavy atom. The summed E-state index contributed by atoms with van der Waals surface area (Å²) in [5.41, 5.74) is 2.77. The summed E-state index contributed by atoms with van der Waals surface area (Å²) >= 11 is 0. The molecule has 0 heterocycles. The van der Waals surface area contributed by atoms with Crippen molar-refractivity contribution in [3.63, 3.8) is 0 Å². The quantitative estimate of drug-likeness (QED) is 0.635. The van der Waals surface area contributed by atoms with E-state index in [1.165, 1.54) is 12.8 Å². The molecule has 0 radical (unpaired) electrons. The highest BCUT2D eigenvalue weighted by Gasteiger charge is 2.50. The highest BCUT2D eigenvalue weighted by atomic mass is 28.3. The summed E-state index contributed by atoms with van der Waals surface area (Å²) in [4.78, 5) is 0. The molecule has 6 unspecified atom stereocenters. The summed E-state index contributed by atoms with van der Waals surface area (Å²) in [7, 11) is -0.517. The maximum absolute atomic E-state index is 2.61. The van der Waals surface area contributed by atoms with Gasteiger partial charge in [-0.15, -0.1) is 0 Å². The molecule has 0 aliphatic heterocycles. The monoisotopic (exact) mass is 298 g/mol. The Morgan fingerprint density at radius 3 is 2.19 bits per heavy atom. The van der Waals surface area contributed by atoms with Crippen LogP contribution in [0.2, 0.25) is 18.6 Å². The molecular weight excluding hydrogens is 268 g/mol. The zero-order chi connectivity index (χ0) is 14.4. The first-order chi connectivity index (χ1) is 10.2. The molecule has 0 spiro atoms. The first kappa shape index (κ1) is 14.1. The van der Waals surface area contributed by atoms with E-state index in [0.29, 0.717) is 0 Å². The Labute approximate surface area is 132 Å². The van der Waals surface area contributed by atoms with E-state index in [1.807, 2.05) is 0 Å². The molecule has 3 aliphatic carbocycles. The van der Waals surface area contributed by atoms with E-state index in [9.17, 15) is 0 Å². The van der Waals surface area contributed by atoms with Crippen molar-refractivity contribution in [2.45, 2.75) is 63.1 Å². The summed E-state index contributed by atoms with van der Waals surface area (Å²) in [6.45, 7) is 5.21. The molecule has 3 saturated carbocycles. The molecule has 4 rings (SSSR count). The lowest BCUT2D eigenvalue weighted by Crippen LogP contribution is -2.31. The fourth-order valence-corrected chi connectivity index (χ4v) is 8.50. The second kappa shape index (κ2) is 5.57. The van der Waals surface area contributed by atoms with Gasteiger partial charge in [0.15, 0.2) is 0 Å². The van der Waals surface area contributed by atoms with E-state index >= 15 is 0 Å². The third kappa shape index (κ3) is 2.42. The third-order valence-corrected chi connectivity index (χ3v) is 9.67. The largest absolute Gasteiger partial charge is 0.0720 e. The molecule has 21 heavy (non-hydrogen) atoms. The van der Waals surface area contributed by atoms with Crippen LogP contribution in [0, 0.1) is 23.7 Å². The van der Waals surface area contributed by atoms with Crippen molar-refractivity contribution in [3.8, 4) is 0 Å². The second-order valence-electron chi connectivity index (χ2n) is 8.41. The van der Waals surface area contributed by atoms with Crippen LogP contribution < -0.4 is 0 Å². The van der Waals surface area contributed by atoms with Gasteiger partial charge in [0.1, 0.15) is 0 Å². The lowest BCUT2D eigenvalue weighted by atomic mass is 9.68. The van der Waals surface area contributed by atoms with Crippen LogP contribution in [0.3, 0.4) is 0 Å². The van der Waals surface area contributed by atoms with Crippen LogP contribution in [-0.4, -0.2) is 8.80 Å². The normalized spacial score (nSPS) is 42.0. The van der Waals surface area contributed by atoms with Gasteiger partial charge in [0.2, 0.25) is 0 Å². The summed E-state index contributed by atoms with van der Waals surface area (Å²) < 4.78 is 0. The molecule has 0 saturated heterocycles. The highest BCUT2D eigenvalue weighted by Crippen LogP contribution is 2.61. The SMILES string of the molecule is C[SiH](C)C1CC(c2ccccc2)C2CC3CCCC3CC21. The minimum atomic E-state index is -0.517. The fourth-order valence-electron chi connectivity index (χ4n) is 6.23. The molecule has 0 nitrogen and oxygen atoms in total. The Balaban J connectivity index is 1.64. The van der Waals surface area contributed by atoms with E-state index in [1.54, 1.807) is 31.2 Å². The standard InChI is InChI=1S/C20H30Si/c1-21(2)20-13-17(14-7-4-3-5-8-14)18-11-15-9-6-10-16(15)12-19(18)20/h3-5,7-8,15-21H,6,9-13H2,1-2H3. The van der Waals surface area contributed by atoms with Gasteiger partial charge >= 0.3 is 0 Å². The summed E-state index contributed by atoms with van der Waals surface area (Å²) in [5.74, 6) is 5.19. The van der Waals surface area contributed by atoms with Crippen molar-refractivity contribution in [2.24, 2.45) is 23.7 Å². The van der Waals surface area contributed by atoms with E-state index in [-0.39, 0.29) is 0 Å². The first-order valence-corrected chi connectivity index (χ1v) is 12.3. The summed E-state index contributed by atoms with van der Waals surface area (Å²) in [6.07, 6.45) is 9.29. The molecule has 0 N–H and O–H groups in total. The van der Waals surface area contributed by atoms with Crippen molar-refractivity contribution in [1.29, 1.82) is 0 Å². The molecule has 6 atom stereocenters. The fraction of sp³-hybridized carbons (Fsp3) is 0.700. The molecule has 0 amide bonds. The summed E-state index contributed by atoms with van der Waals surface area (Å²) in [6, 6.07) is 11.5. The maximum atomic E-state index is 2.61. The van der Waals surface area contributed by atoms with Gasteiger partial charge < -0.3 is 0 Å². The Hall–Kier alpha value is -0.563. The smallest absolute Gasteiger partial charge is 0.0340 e. The van der Waals surface area contributed by atoms with Crippen LogP contribution in [-0.2, 0) is 0 Å². The third-order valence-electron chi connectivity index (χ3n) is 7.19. The van der Waals surface area contributed by atoms with E-state index in [0.717, 1.165) is 35.1 Å². The number of fused-ring (bicyclic) bond motifs is 2. The van der Waals surface area contributed by atoms with Crippen LogP contribution >= 0.6 is 0 Å². The van der Waals surface area contributed by atoms with Gasteiger partial charge in [-0.05, 0) is 60.0 Å². The van der Waals surface area contributed by atoms with Gasteiger partial charge in [-0.3, -0.25) is 0 Å². The lowest BCUT2D eigenvalue weighted by Gasteiger charge is -2.39. The number of rotatable bonds is 2. The van der Waals surface area contributed by atoms with Gasteiger partial charge in [-0.25, -0.2) is 0 Å². The minimum absolute atomic E-state index is 0.517. The zero-order valence-corrected chi connectivity index (χ0v) is 14.8. The maximum Gasteiger partial charge on any atom is 0.0340 e. The molecule has 1 aromatic carbocycles. The lowest BCUT2D eigenvalue weighted by molar-refractivity contribution is 0.147. The molecule has 3 aliphatic rings. The van der Waals surface area contributed by atoms with Crippen molar-refractivity contribution < 1.29 is 0 Å². The molecular formula is C20H30Si. The average molecular weight is 299 g/mol. The molecule has 3 fully saturated rings. The van der Waals surface area contributed by atoms with E-state index < -0.39 is 8.80 Å². The molecule has 0 bridgehead atoms. The van der Waals surface area contributed by atoms with Crippen LogP contribution in [0.25, 0.3) is 0 Å². The molecule has 1 heteroatoms. The Bertz CT molecular complexity index is 480. The molecule has 1 aromatic rings. The van der Waals surface area contributed by atoms with E-state index in [2.05, 4.69) is 43.4 Å². The van der Waals surface area contributed by atoms with Crippen LogP contribution in [0.4, 0.5) is 0 Å². The topological polar surface area (TPSA) is 0 Å². The first-order valence-electron chi connectivity index (χ1n) is 9.29. The number of hydrogen-bond acceptors (Lipinski definition) is 0. The Kier molecular flexibility index (Phi) is 3.73. The zero-order valence-electron chi connectivity index (χ0n) is 13.7. The van der Waals surface area contributed by atoms with Crippen molar-refractivity contribution >= 4 is 8.80 Å². The van der Waals surface area contributed by atoms with Gasteiger partial charge in [-0.1, -0.05) is 62.7 Å². The highest BCUT2D eigenvalue weighted by molar-refractivity contribution is 6.57. The van der Waals surface area contributed by atoms with Gasteiger partial charge in [0.25, 0.3) is 0 Å². The predicted molar refractivity (Wildman–Crippen MR) is 93.5 cm³/mol. The van der Waals surface area contributed by atoms with Gasteiger partial charge in [-0.2, -0.15) is 0 Å². The van der Waals surface area contributed by atoms with Crippen molar-refractivity contribution in [2.75, 3.05) is 0 Å². The summed E-state index contributed by atoms with van der Waals surface area (Å²) in [5, 5.41) is 0. The second-order valence-corrected chi connectivity index (χ2v) is 11.8. The van der Waals surface area contributed by atoms with Gasteiger partial charge in [0, 0.05) is 8.80 Å².